The lowest BCUT2D eigenvalue weighted by Gasteiger charge is -2.44. The van der Waals surface area contributed by atoms with Gasteiger partial charge in [0.15, 0.2) is 8.32 Å². The van der Waals surface area contributed by atoms with E-state index in [1.807, 2.05) is 0 Å². The predicted octanol–water partition coefficient (Wildman–Crippen LogP) is 6.72. The normalized spacial score (nSPS) is 16.0. The van der Waals surface area contributed by atoms with Crippen LogP contribution >= 0.6 is 0 Å². The highest BCUT2D eigenvalue weighted by Crippen LogP contribution is 2.30. The molecule has 0 spiro atoms. The zero-order chi connectivity index (χ0) is 31.6. The molecule has 0 saturated heterocycles. The van der Waals surface area contributed by atoms with Crippen molar-refractivity contribution in [3.63, 3.8) is 0 Å². The Balaban J connectivity index is 5.38. The molecule has 0 N–H and O–H groups in total. The maximum atomic E-state index is 6.70. The molecule has 0 fully saturated rings. The van der Waals surface area contributed by atoms with Gasteiger partial charge in [-0.25, -0.2) is 0 Å². The second-order valence-electron chi connectivity index (χ2n) is 14.6. The molecule has 0 aliphatic rings. The number of hydrogen-bond donors (Lipinski definition) is 0. The summed E-state index contributed by atoms with van der Waals surface area (Å²) in [6.45, 7) is 42.0. The maximum absolute atomic E-state index is 6.70. The van der Waals surface area contributed by atoms with Crippen LogP contribution in [0.15, 0.2) is 0 Å². The SMILES string of the molecule is C[SiH2]O[Si](C)(C)O[Si](C)(C)O[Si](C)(C)O[Si](C)(C)O[Si](C)(C)O[Si](C)(C)O[Si](C)(C)O[Si](C)(C)O[Si](C)(C)C. The van der Waals surface area contributed by atoms with Gasteiger partial charge in [-0.1, -0.05) is 6.55 Å². The van der Waals surface area contributed by atoms with Crippen molar-refractivity contribution in [3.8, 4) is 0 Å². The smallest absolute Gasteiger partial charge is 0.314 e. The molecule has 9 nitrogen and oxygen atoms in total. The first-order valence-electron chi connectivity index (χ1n) is 14.0. The third-order valence-electron chi connectivity index (χ3n) is 4.48. The lowest BCUT2D eigenvalue weighted by atomic mass is 11.8. The molecule has 0 bridgehead atoms. The minimum atomic E-state index is -2.61. The van der Waals surface area contributed by atoms with Crippen LogP contribution in [0.4, 0.5) is 0 Å². The maximum Gasteiger partial charge on any atom is 0.314 e. The highest BCUT2D eigenvalue weighted by atomic mass is 28.5. The summed E-state index contributed by atoms with van der Waals surface area (Å²) in [5.41, 5.74) is 0. The van der Waals surface area contributed by atoms with E-state index in [4.69, 9.17) is 37.0 Å². The van der Waals surface area contributed by atoms with Gasteiger partial charge in [0.1, 0.15) is 9.76 Å². The number of rotatable bonds is 18. The Labute approximate surface area is 253 Å². The van der Waals surface area contributed by atoms with Crippen LogP contribution in [0.5, 0.6) is 0 Å². The third kappa shape index (κ3) is 19.7. The first kappa shape index (κ1) is 40.8. The van der Waals surface area contributed by atoms with Gasteiger partial charge in [0, 0.05) is 0 Å². The van der Waals surface area contributed by atoms with Crippen LogP contribution in [0.25, 0.3) is 0 Å². The minimum Gasteiger partial charge on any atom is -0.442 e. The molecule has 0 amide bonds. The van der Waals surface area contributed by atoms with Gasteiger partial charge in [-0.05, 0) is 124 Å². The van der Waals surface area contributed by atoms with Crippen molar-refractivity contribution < 1.29 is 37.0 Å². The molecule has 236 valence electrons. The zero-order valence-corrected chi connectivity index (χ0v) is 39.3. The fourth-order valence-corrected chi connectivity index (χ4v) is 51.8. The van der Waals surface area contributed by atoms with Gasteiger partial charge in [-0.3, -0.25) is 0 Å². The molecule has 0 radical (unpaired) electrons. The van der Waals surface area contributed by atoms with Crippen LogP contribution in [-0.4, -0.2) is 86.6 Å². The summed E-state index contributed by atoms with van der Waals surface area (Å²) in [4.78, 5) is 0. The molecule has 0 aromatic carbocycles. The molecule has 0 aliphatic heterocycles. The van der Waals surface area contributed by atoms with Crippen LogP contribution < -0.4 is 0 Å². The molecular weight excluding hydrogens is 665 g/mol. The van der Waals surface area contributed by atoms with Crippen LogP contribution in [0.2, 0.25) is 131 Å². The van der Waals surface area contributed by atoms with E-state index in [2.05, 4.69) is 131 Å². The summed E-state index contributed by atoms with van der Waals surface area (Å²) in [6.07, 6.45) is 0. The Kier molecular flexibility index (Phi) is 14.5. The van der Waals surface area contributed by atoms with Crippen LogP contribution in [0, 0.1) is 0 Å². The predicted molar refractivity (Wildman–Crippen MR) is 187 cm³/mol. The summed E-state index contributed by atoms with van der Waals surface area (Å²) in [6, 6.07) is 0. The quantitative estimate of drug-likeness (QED) is 0.143. The van der Waals surface area contributed by atoms with Gasteiger partial charge in [-0.15, -0.1) is 0 Å². The van der Waals surface area contributed by atoms with Crippen molar-refractivity contribution in [2.75, 3.05) is 0 Å². The Bertz CT molecular complexity index is 784. The molecule has 0 aromatic rings. The van der Waals surface area contributed by atoms with E-state index in [9.17, 15) is 0 Å². The van der Waals surface area contributed by atoms with Crippen molar-refractivity contribution in [2.24, 2.45) is 0 Å². The van der Waals surface area contributed by atoms with E-state index < -0.39 is 86.6 Å². The van der Waals surface area contributed by atoms with Gasteiger partial charge < -0.3 is 37.0 Å². The van der Waals surface area contributed by atoms with Gasteiger partial charge in [0.05, 0.1) is 0 Å². The fraction of sp³-hybridized carbons (Fsp3) is 1.00. The first-order chi connectivity index (χ1) is 16.7. The Morgan fingerprint density at radius 1 is 0.282 bits per heavy atom. The fourth-order valence-electron chi connectivity index (χ4n) is 5.40. The molecule has 0 unspecified atom stereocenters. The van der Waals surface area contributed by atoms with Gasteiger partial charge >= 0.3 is 68.5 Å². The third-order valence-corrected chi connectivity index (χ3v) is 40.4. The van der Waals surface area contributed by atoms with E-state index in [1.165, 1.54) is 0 Å². The lowest BCUT2D eigenvalue weighted by Crippen LogP contribution is -2.62. The first-order valence-corrected chi connectivity index (χ1v) is 41.9. The van der Waals surface area contributed by atoms with Crippen molar-refractivity contribution in [1.82, 2.24) is 0 Å². The Hall–Kier alpha value is 1.81. The average Bonchev–Trinajstić information content (AvgIpc) is 2.41. The van der Waals surface area contributed by atoms with Crippen molar-refractivity contribution >= 4 is 86.6 Å². The van der Waals surface area contributed by atoms with E-state index in [0.717, 1.165) is 0 Å². The summed E-state index contributed by atoms with van der Waals surface area (Å²) in [7, 11) is -22.1. The largest absolute Gasteiger partial charge is 0.442 e. The molecule has 0 saturated carbocycles. The van der Waals surface area contributed by atoms with E-state index >= 15 is 0 Å². The highest BCUT2D eigenvalue weighted by molar-refractivity contribution is 6.92. The molecule has 0 heterocycles. The van der Waals surface area contributed by atoms with Crippen LogP contribution in [0.1, 0.15) is 0 Å². The Morgan fingerprint density at radius 3 is 0.641 bits per heavy atom. The van der Waals surface area contributed by atoms with Crippen molar-refractivity contribution in [2.45, 2.75) is 131 Å². The molecular formula is C20H62O9Si10. The standard InChI is InChI=1S/C20H62O9Si10/c1-30-21-32(5,6)23-34(9,10)25-36(13,14)27-38(17,18)29-39(19,20)28-37(15,16)26-35(11,12)24-33(7,8)22-31(2,3)4/h30H2,1-20H3. The molecule has 0 aliphatic carbocycles. The van der Waals surface area contributed by atoms with Crippen molar-refractivity contribution in [3.05, 3.63) is 0 Å². The second-order valence-corrected chi connectivity index (χ2v) is 49.4. The Morgan fingerprint density at radius 2 is 0.462 bits per heavy atom. The van der Waals surface area contributed by atoms with E-state index in [0.29, 0.717) is 0 Å². The van der Waals surface area contributed by atoms with E-state index in [-0.39, 0.29) is 0 Å². The molecule has 0 aromatic heterocycles. The van der Waals surface area contributed by atoms with Crippen molar-refractivity contribution in [1.29, 1.82) is 0 Å². The average molecular weight is 728 g/mol. The van der Waals surface area contributed by atoms with Gasteiger partial charge in [0.2, 0.25) is 0 Å². The molecule has 39 heavy (non-hydrogen) atoms. The van der Waals surface area contributed by atoms with E-state index in [1.54, 1.807) is 0 Å². The van der Waals surface area contributed by atoms with Gasteiger partial charge in [0.25, 0.3) is 0 Å². The second kappa shape index (κ2) is 13.8. The van der Waals surface area contributed by atoms with Crippen LogP contribution in [0.3, 0.4) is 0 Å². The van der Waals surface area contributed by atoms with Gasteiger partial charge in [-0.2, -0.15) is 0 Å². The lowest BCUT2D eigenvalue weighted by molar-refractivity contribution is 0.258. The summed E-state index contributed by atoms with van der Waals surface area (Å²) >= 11 is 0. The topological polar surface area (TPSA) is 83.1 Å². The molecule has 19 heteroatoms. The monoisotopic (exact) mass is 726 g/mol. The molecule has 0 rings (SSSR count). The van der Waals surface area contributed by atoms with Crippen LogP contribution in [-0.2, 0) is 37.0 Å². The number of hydrogen-bond acceptors (Lipinski definition) is 9. The summed E-state index contributed by atoms with van der Waals surface area (Å²) < 4.78 is 58.8. The highest BCUT2D eigenvalue weighted by Gasteiger charge is 2.49. The summed E-state index contributed by atoms with van der Waals surface area (Å²) in [5, 5.41) is 0. The molecule has 0 atom stereocenters. The zero-order valence-electron chi connectivity index (χ0n) is 28.9. The summed E-state index contributed by atoms with van der Waals surface area (Å²) in [5.74, 6) is 0. The minimum absolute atomic E-state index is 0.544.